The van der Waals surface area contributed by atoms with Crippen LogP contribution in [0.4, 0.5) is 0 Å². The van der Waals surface area contributed by atoms with Crippen molar-refractivity contribution < 1.29 is 14.4 Å². The Balaban J connectivity index is 1.32. The Bertz CT molecular complexity index is 891. The molecule has 2 aromatic rings. The average molecular weight is 391 g/mol. The van der Waals surface area contributed by atoms with Gasteiger partial charge in [0.1, 0.15) is 0 Å². The number of hydrogen-bond donors (Lipinski definition) is 1. The molecule has 3 amide bonds. The molecule has 2 fully saturated rings. The molecule has 1 N–H and O–H groups in total. The summed E-state index contributed by atoms with van der Waals surface area (Å²) in [4.78, 5) is 40.3. The van der Waals surface area contributed by atoms with E-state index in [1.807, 2.05) is 42.5 Å². The van der Waals surface area contributed by atoms with Crippen LogP contribution in [-0.2, 0) is 22.7 Å². The molecule has 0 aromatic heterocycles. The number of nitrogens with zero attached hydrogens (tertiary/aromatic N) is 2. The van der Waals surface area contributed by atoms with Gasteiger partial charge in [-0.15, -0.1) is 0 Å². The smallest absolute Gasteiger partial charge is 0.312 e. The first kappa shape index (κ1) is 19.2. The lowest BCUT2D eigenvalue weighted by molar-refractivity contribution is -0.156. The molecule has 0 atom stereocenters. The standard InChI is InChI=1S/C23H25N3O3/c27-21(24-14-17-6-7-17)20-10-8-19(9-11-20)16-26-13-12-25(22(28)23(26)29)15-18-4-2-1-3-5-18/h1-5,8-11,17H,6-7,12-16H2,(H,24,27). The van der Waals surface area contributed by atoms with E-state index >= 15 is 0 Å². The van der Waals surface area contributed by atoms with E-state index in [2.05, 4.69) is 5.32 Å². The molecule has 0 unspecified atom stereocenters. The van der Waals surface area contributed by atoms with E-state index in [1.54, 1.807) is 21.9 Å². The molecule has 1 heterocycles. The van der Waals surface area contributed by atoms with E-state index in [1.165, 1.54) is 12.8 Å². The van der Waals surface area contributed by atoms with Gasteiger partial charge in [-0.2, -0.15) is 0 Å². The number of carbonyl (C=O) groups is 3. The molecule has 150 valence electrons. The Hall–Kier alpha value is -3.15. The fourth-order valence-electron chi connectivity index (χ4n) is 3.46. The van der Waals surface area contributed by atoms with Gasteiger partial charge in [-0.05, 0) is 42.0 Å². The molecule has 6 nitrogen and oxygen atoms in total. The third-order valence-electron chi connectivity index (χ3n) is 5.45. The van der Waals surface area contributed by atoms with Crippen LogP contribution < -0.4 is 5.32 Å². The van der Waals surface area contributed by atoms with Crippen LogP contribution in [0.1, 0.15) is 34.3 Å². The first-order valence-corrected chi connectivity index (χ1v) is 10.1. The zero-order valence-corrected chi connectivity index (χ0v) is 16.3. The molecule has 6 heteroatoms. The molecule has 1 saturated heterocycles. The lowest BCUT2D eigenvalue weighted by Gasteiger charge is -2.33. The summed E-state index contributed by atoms with van der Waals surface area (Å²) >= 11 is 0. The molecule has 4 rings (SSSR count). The van der Waals surface area contributed by atoms with Crippen molar-refractivity contribution in [3.63, 3.8) is 0 Å². The summed E-state index contributed by atoms with van der Waals surface area (Å²) in [5, 5.41) is 2.95. The summed E-state index contributed by atoms with van der Waals surface area (Å²) in [6, 6.07) is 16.9. The van der Waals surface area contributed by atoms with E-state index in [4.69, 9.17) is 0 Å². The quantitative estimate of drug-likeness (QED) is 0.736. The Morgan fingerprint density at radius 2 is 1.38 bits per heavy atom. The summed E-state index contributed by atoms with van der Waals surface area (Å²) in [7, 11) is 0. The number of carbonyl (C=O) groups excluding carboxylic acids is 3. The third kappa shape index (κ3) is 4.83. The minimum Gasteiger partial charge on any atom is -0.352 e. The SMILES string of the molecule is O=C(NCC1CC1)c1ccc(CN2CCN(Cc3ccccc3)C(=O)C2=O)cc1. The van der Waals surface area contributed by atoms with Crippen molar-refractivity contribution in [2.24, 2.45) is 5.92 Å². The number of benzene rings is 2. The van der Waals surface area contributed by atoms with Crippen LogP contribution in [0.15, 0.2) is 54.6 Å². The molecule has 2 aliphatic rings. The zero-order valence-electron chi connectivity index (χ0n) is 16.3. The predicted octanol–water partition coefficient (Wildman–Crippen LogP) is 2.20. The molecule has 1 aliphatic carbocycles. The van der Waals surface area contributed by atoms with Gasteiger partial charge in [0.15, 0.2) is 0 Å². The van der Waals surface area contributed by atoms with Crippen LogP contribution in [0.3, 0.4) is 0 Å². The molecule has 1 aliphatic heterocycles. The van der Waals surface area contributed by atoms with Gasteiger partial charge in [0, 0.05) is 38.3 Å². The second kappa shape index (κ2) is 8.47. The van der Waals surface area contributed by atoms with E-state index in [9.17, 15) is 14.4 Å². The molecular weight excluding hydrogens is 366 g/mol. The molecular formula is C23H25N3O3. The fourth-order valence-corrected chi connectivity index (χ4v) is 3.46. The van der Waals surface area contributed by atoms with Gasteiger partial charge in [-0.1, -0.05) is 42.5 Å². The van der Waals surface area contributed by atoms with E-state index in [0.29, 0.717) is 37.7 Å². The number of amides is 3. The van der Waals surface area contributed by atoms with Gasteiger partial charge in [0.25, 0.3) is 5.91 Å². The van der Waals surface area contributed by atoms with Gasteiger partial charge in [0.05, 0.1) is 0 Å². The number of nitrogens with one attached hydrogen (secondary N) is 1. The molecule has 29 heavy (non-hydrogen) atoms. The lowest BCUT2D eigenvalue weighted by atomic mass is 10.1. The maximum atomic E-state index is 12.5. The molecule has 0 spiro atoms. The number of piperazine rings is 1. The van der Waals surface area contributed by atoms with Gasteiger partial charge < -0.3 is 15.1 Å². The number of rotatable bonds is 7. The molecule has 0 radical (unpaired) electrons. The van der Waals surface area contributed by atoms with E-state index in [0.717, 1.165) is 17.7 Å². The lowest BCUT2D eigenvalue weighted by Crippen LogP contribution is -2.53. The Kier molecular flexibility index (Phi) is 5.60. The maximum absolute atomic E-state index is 12.5. The summed E-state index contributed by atoms with van der Waals surface area (Å²) in [5.74, 6) is -0.360. The first-order valence-electron chi connectivity index (χ1n) is 10.1. The van der Waals surface area contributed by atoms with Gasteiger partial charge in [-0.25, -0.2) is 0 Å². The normalized spacial score (nSPS) is 16.8. The van der Waals surface area contributed by atoms with Crippen LogP contribution in [0.25, 0.3) is 0 Å². The minimum atomic E-state index is -0.474. The number of hydrogen-bond acceptors (Lipinski definition) is 3. The van der Waals surface area contributed by atoms with Crippen LogP contribution >= 0.6 is 0 Å². The van der Waals surface area contributed by atoms with Crippen molar-refractivity contribution in [2.45, 2.75) is 25.9 Å². The van der Waals surface area contributed by atoms with Gasteiger partial charge >= 0.3 is 11.8 Å². The first-order chi connectivity index (χ1) is 14.1. The molecule has 2 aromatic carbocycles. The highest BCUT2D eigenvalue weighted by Crippen LogP contribution is 2.27. The van der Waals surface area contributed by atoms with Crippen molar-refractivity contribution in [3.8, 4) is 0 Å². The average Bonchev–Trinajstić information content (AvgIpc) is 3.58. The van der Waals surface area contributed by atoms with Gasteiger partial charge in [-0.3, -0.25) is 14.4 Å². The summed E-state index contributed by atoms with van der Waals surface area (Å²) in [6.07, 6.45) is 2.40. The predicted molar refractivity (Wildman–Crippen MR) is 109 cm³/mol. The van der Waals surface area contributed by atoms with Crippen molar-refractivity contribution in [2.75, 3.05) is 19.6 Å². The molecule has 0 bridgehead atoms. The highest BCUT2D eigenvalue weighted by molar-refractivity contribution is 6.35. The Labute approximate surface area is 170 Å². The Morgan fingerprint density at radius 1 is 0.828 bits per heavy atom. The zero-order chi connectivity index (χ0) is 20.2. The van der Waals surface area contributed by atoms with Crippen LogP contribution in [0, 0.1) is 5.92 Å². The maximum Gasteiger partial charge on any atom is 0.312 e. The van der Waals surface area contributed by atoms with Gasteiger partial charge in [0.2, 0.25) is 0 Å². The van der Waals surface area contributed by atoms with Crippen LogP contribution in [-0.4, -0.2) is 47.2 Å². The van der Waals surface area contributed by atoms with E-state index in [-0.39, 0.29) is 5.91 Å². The Morgan fingerprint density at radius 3 is 1.93 bits per heavy atom. The summed E-state index contributed by atoms with van der Waals surface area (Å²) in [5.41, 5.74) is 2.53. The van der Waals surface area contributed by atoms with Crippen LogP contribution in [0.5, 0.6) is 0 Å². The summed E-state index contributed by atoms with van der Waals surface area (Å²) < 4.78 is 0. The van der Waals surface area contributed by atoms with Crippen molar-refractivity contribution in [3.05, 3.63) is 71.3 Å². The summed E-state index contributed by atoms with van der Waals surface area (Å²) in [6.45, 7) is 2.57. The molecule has 1 saturated carbocycles. The topological polar surface area (TPSA) is 69.7 Å². The largest absolute Gasteiger partial charge is 0.352 e. The second-order valence-corrected chi connectivity index (χ2v) is 7.79. The van der Waals surface area contributed by atoms with Crippen LogP contribution in [0.2, 0.25) is 0 Å². The second-order valence-electron chi connectivity index (χ2n) is 7.79. The minimum absolute atomic E-state index is 0.0655. The monoisotopic (exact) mass is 391 g/mol. The highest BCUT2D eigenvalue weighted by atomic mass is 16.2. The van der Waals surface area contributed by atoms with Crippen molar-refractivity contribution in [1.82, 2.24) is 15.1 Å². The third-order valence-corrected chi connectivity index (χ3v) is 5.45. The van der Waals surface area contributed by atoms with Crippen molar-refractivity contribution >= 4 is 17.7 Å². The fraction of sp³-hybridized carbons (Fsp3) is 0.348. The highest BCUT2D eigenvalue weighted by Gasteiger charge is 2.32. The van der Waals surface area contributed by atoms with Crippen molar-refractivity contribution in [1.29, 1.82) is 0 Å². The van der Waals surface area contributed by atoms with E-state index < -0.39 is 11.8 Å².